The first-order valence-electron chi connectivity index (χ1n) is 7.77. The minimum Gasteiger partial charge on any atom is -0.494 e. The van der Waals surface area contributed by atoms with Crippen molar-refractivity contribution < 1.29 is 13.2 Å². The lowest BCUT2D eigenvalue weighted by Gasteiger charge is -2.30. The molecule has 21 heavy (non-hydrogen) atoms. The SMILES string of the molecule is CCCCOc1ccc(S(=O)(=O)N2CCCC(C)C2)cc1. The highest BCUT2D eigenvalue weighted by atomic mass is 32.2. The molecule has 118 valence electrons. The molecule has 1 aliphatic heterocycles. The first-order chi connectivity index (χ1) is 10.0. The van der Waals surface area contributed by atoms with E-state index in [0.29, 0.717) is 30.5 Å². The van der Waals surface area contributed by atoms with Crippen LogP contribution in [0.25, 0.3) is 0 Å². The van der Waals surface area contributed by atoms with Crippen molar-refractivity contribution in [2.24, 2.45) is 5.92 Å². The van der Waals surface area contributed by atoms with Gasteiger partial charge in [-0.05, 0) is 49.4 Å². The van der Waals surface area contributed by atoms with E-state index in [1.54, 1.807) is 28.6 Å². The third kappa shape index (κ3) is 4.20. The summed E-state index contributed by atoms with van der Waals surface area (Å²) in [6.45, 7) is 6.13. The van der Waals surface area contributed by atoms with Gasteiger partial charge in [-0.2, -0.15) is 4.31 Å². The number of sulfonamides is 1. The van der Waals surface area contributed by atoms with Gasteiger partial charge in [-0.3, -0.25) is 0 Å². The number of unbranched alkanes of at least 4 members (excludes halogenated alkanes) is 1. The monoisotopic (exact) mass is 311 g/mol. The molecular formula is C16H25NO3S. The van der Waals surface area contributed by atoms with E-state index in [-0.39, 0.29) is 0 Å². The fourth-order valence-corrected chi connectivity index (χ4v) is 4.15. The highest BCUT2D eigenvalue weighted by Gasteiger charge is 2.28. The zero-order valence-electron chi connectivity index (χ0n) is 12.9. The fourth-order valence-electron chi connectivity index (χ4n) is 2.56. The fraction of sp³-hybridized carbons (Fsp3) is 0.625. The summed E-state index contributed by atoms with van der Waals surface area (Å²) >= 11 is 0. The molecular weight excluding hydrogens is 286 g/mol. The number of hydrogen-bond donors (Lipinski definition) is 0. The number of benzene rings is 1. The zero-order chi connectivity index (χ0) is 15.3. The smallest absolute Gasteiger partial charge is 0.243 e. The van der Waals surface area contributed by atoms with E-state index in [4.69, 9.17) is 4.74 Å². The van der Waals surface area contributed by atoms with Gasteiger partial charge in [0.1, 0.15) is 5.75 Å². The van der Waals surface area contributed by atoms with E-state index >= 15 is 0 Å². The van der Waals surface area contributed by atoms with Gasteiger partial charge < -0.3 is 4.74 Å². The second-order valence-electron chi connectivity index (χ2n) is 5.78. The summed E-state index contributed by atoms with van der Waals surface area (Å²) < 4.78 is 32.4. The normalized spacial score (nSPS) is 20.4. The molecule has 1 atom stereocenters. The average molecular weight is 311 g/mol. The van der Waals surface area contributed by atoms with E-state index in [1.807, 2.05) is 0 Å². The zero-order valence-corrected chi connectivity index (χ0v) is 13.7. The van der Waals surface area contributed by atoms with Gasteiger partial charge in [-0.1, -0.05) is 20.3 Å². The summed E-state index contributed by atoms with van der Waals surface area (Å²) in [6, 6.07) is 6.79. The number of nitrogens with zero attached hydrogens (tertiary/aromatic N) is 1. The Balaban J connectivity index is 2.06. The van der Waals surface area contributed by atoms with E-state index < -0.39 is 10.0 Å². The Kier molecular flexibility index (Phi) is 5.65. The van der Waals surface area contributed by atoms with Crippen LogP contribution in [0.5, 0.6) is 5.75 Å². The Hall–Kier alpha value is -1.07. The van der Waals surface area contributed by atoms with Crippen LogP contribution < -0.4 is 4.74 Å². The summed E-state index contributed by atoms with van der Waals surface area (Å²) in [5.41, 5.74) is 0. The molecule has 2 rings (SSSR count). The Bertz CT molecular complexity index is 539. The van der Waals surface area contributed by atoms with E-state index in [2.05, 4.69) is 13.8 Å². The van der Waals surface area contributed by atoms with Crippen molar-refractivity contribution in [2.75, 3.05) is 19.7 Å². The van der Waals surface area contributed by atoms with Gasteiger partial charge in [-0.25, -0.2) is 8.42 Å². The highest BCUT2D eigenvalue weighted by molar-refractivity contribution is 7.89. The maximum atomic E-state index is 12.6. The average Bonchev–Trinajstić information content (AvgIpc) is 2.48. The highest BCUT2D eigenvalue weighted by Crippen LogP contribution is 2.24. The Morgan fingerprint density at radius 3 is 2.62 bits per heavy atom. The minimum atomic E-state index is -3.36. The molecule has 5 heteroatoms. The molecule has 1 unspecified atom stereocenters. The van der Waals surface area contributed by atoms with Gasteiger partial charge >= 0.3 is 0 Å². The number of rotatable bonds is 6. The van der Waals surface area contributed by atoms with Crippen molar-refractivity contribution in [3.05, 3.63) is 24.3 Å². The van der Waals surface area contributed by atoms with Gasteiger partial charge in [0.05, 0.1) is 11.5 Å². The van der Waals surface area contributed by atoms with Gasteiger partial charge in [0.25, 0.3) is 0 Å². The lowest BCUT2D eigenvalue weighted by molar-refractivity contribution is 0.281. The molecule has 1 aliphatic rings. The van der Waals surface area contributed by atoms with Crippen molar-refractivity contribution in [1.29, 1.82) is 0 Å². The van der Waals surface area contributed by atoms with Crippen LogP contribution in [0.3, 0.4) is 0 Å². The Morgan fingerprint density at radius 2 is 2.00 bits per heavy atom. The van der Waals surface area contributed by atoms with E-state index in [0.717, 1.165) is 31.4 Å². The molecule has 0 spiro atoms. The van der Waals surface area contributed by atoms with Crippen molar-refractivity contribution in [3.63, 3.8) is 0 Å². The maximum absolute atomic E-state index is 12.6. The molecule has 1 saturated heterocycles. The number of ether oxygens (including phenoxy) is 1. The largest absolute Gasteiger partial charge is 0.494 e. The predicted molar refractivity (Wildman–Crippen MR) is 84.0 cm³/mol. The number of hydrogen-bond acceptors (Lipinski definition) is 3. The summed E-state index contributed by atoms with van der Waals surface area (Å²) in [7, 11) is -3.36. The van der Waals surface area contributed by atoms with Crippen LogP contribution >= 0.6 is 0 Å². The standard InChI is InChI=1S/C16H25NO3S/c1-3-4-12-20-15-7-9-16(10-8-15)21(18,19)17-11-5-6-14(2)13-17/h7-10,14H,3-6,11-13H2,1-2H3. The second kappa shape index (κ2) is 7.27. The number of piperidine rings is 1. The topological polar surface area (TPSA) is 46.6 Å². The molecule has 4 nitrogen and oxygen atoms in total. The lowest BCUT2D eigenvalue weighted by Crippen LogP contribution is -2.39. The van der Waals surface area contributed by atoms with Crippen LogP contribution in [0.4, 0.5) is 0 Å². The van der Waals surface area contributed by atoms with E-state index in [1.165, 1.54) is 0 Å². The molecule has 1 heterocycles. The molecule has 0 aliphatic carbocycles. The van der Waals surface area contributed by atoms with Crippen molar-refractivity contribution in [2.45, 2.75) is 44.4 Å². The molecule has 1 aromatic carbocycles. The van der Waals surface area contributed by atoms with E-state index in [9.17, 15) is 8.42 Å². The second-order valence-corrected chi connectivity index (χ2v) is 7.72. The quantitative estimate of drug-likeness (QED) is 0.757. The minimum absolute atomic E-state index is 0.361. The Labute approximate surface area is 128 Å². The molecule has 0 amide bonds. The molecule has 1 fully saturated rings. The first-order valence-corrected chi connectivity index (χ1v) is 9.21. The molecule has 0 saturated carbocycles. The summed E-state index contributed by atoms with van der Waals surface area (Å²) in [6.07, 6.45) is 4.14. The lowest BCUT2D eigenvalue weighted by atomic mass is 10.0. The van der Waals surface area contributed by atoms with Gasteiger partial charge in [0.2, 0.25) is 10.0 Å². The summed E-state index contributed by atoms with van der Waals surface area (Å²) in [4.78, 5) is 0.361. The van der Waals surface area contributed by atoms with Crippen molar-refractivity contribution >= 4 is 10.0 Å². The van der Waals surface area contributed by atoms with Gasteiger partial charge in [0, 0.05) is 13.1 Å². The molecule has 1 aromatic rings. The molecule has 0 radical (unpaired) electrons. The molecule has 0 N–H and O–H groups in total. The van der Waals surface area contributed by atoms with Crippen LogP contribution in [0.15, 0.2) is 29.2 Å². The van der Waals surface area contributed by atoms with Gasteiger partial charge in [0.15, 0.2) is 0 Å². The van der Waals surface area contributed by atoms with Crippen LogP contribution in [-0.2, 0) is 10.0 Å². The maximum Gasteiger partial charge on any atom is 0.243 e. The summed E-state index contributed by atoms with van der Waals surface area (Å²) in [5.74, 6) is 1.17. The van der Waals surface area contributed by atoms with Gasteiger partial charge in [-0.15, -0.1) is 0 Å². The van der Waals surface area contributed by atoms with Crippen LogP contribution in [-0.4, -0.2) is 32.4 Å². The third-order valence-electron chi connectivity index (χ3n) is 3.85. The summed E-state index contributed by atoms with van der Waals surface area (Å²) in [5, 5.41) is 0. The molecule has 0 aromatic heterocycles. The first kappa shape index (κ1) is 16.3. The third-order valence-corrected chi connectivity index (χ3v) is 5.73. The van der Waals surface area contributed by atoms with Crippen molar-refractivity contribution in [1.82, 2.24) is 4.31 Å². The predicted octanol–water partition coefficient (Wildman–Crippen LogP) is 3.29. The van der Waals surface area contributed by atoms with Crippen molar-refractivity contribution in [3.8, 4) is 5.75 Å². The molecule has 0 bridgehead atoms. The van der Waals surface area contributed by atoms with Crippen LogP contribution in [0.1, 0.15) is 39.5 Å². The Morgan fingerprint density at radius 1 is 1.29 bits per heavy atom. The van der Waals surface area contributed by atoms with Crippen LogP contribution in [0.2, 0.25) is 0 Å². The van der Waals surface area contributed by atoms with Crippen LogP contribution in [0, 0.1) is 5.92 Å².